The predicted molar refractivity (Wildman–Crippen MR) is 49.7 cm³/mol. The van der Waals surface area contributed by atoms with Gasteiger partial charge >= 0.3 is 0 Å². The third kappa shape index (κ3) is 2.10. The summed E-state index contributed by atoms with van der Waals surface area (Å²) >= 11 is 0. The molecule has 0 unspecified atom stereocenters. The van der Waals surface area contributed by atoms with Crippen LogP contribution in [0.1, 0.15) is 5.56 Å². The highest BCUT2D eigenvalue weighted by Crippen LogP contribution is 2.27. The molecule has 1 rings (SSSR count). The van der Waals surface area contributed by atoms with Gasteiger partial charge in [0.05, 0.1) is 14.2 Å². The molecule has 0 aliphatic rings. The van der Waals surface area contributed by atoms with Crippen LogP contribution in [0.15, 0.2) is 18.2 Å². The Hall–Kier alpha value is -1.73. The first kappa shape index (κ1) is 9.36. The summed E-state index contributed by atoms with van der Waals surface area (Å²) in [6.07, 6.45) is 1.34. The first-order valence-electron chi connectivity index (χ1n) is 3.74. The van der Waals surface area contributed by atoms with E-state index in [1.165, 1.54) is 6.08 Å². The monoisotopic (exact) mass is 178 g/mol. The lowest BCUT2D eigenvalue weighted by molar-refractivity contribution is 0.355. The van der Waals surface area contributed by atoms with Crippen LogP contribution in [-0.2, 0) is 4.79 Å². The van der Waals surface area contributed by atoms with Gasteiger partial charge in [0.15, 0.2) is 11.5 Å². The van der Waals surface area contributed by atoms with Crippen molar-refractivity contribution in [2.45, 2.75) is 0 Å². The van der Waals surface area contributed by atoms with Gasteiger partial charge in [-0.05, 0) is 17.7 Å². The number of carbonyl (C=O) groups excluding carboxylic acids is 1. The van der Waals surface area contributed by atoms with Gasteiger partial charge in [0.2, 0.25) is 0 Å². The highest BCUT2D eigenvalue weighted by molar-refractivity contribution is 5.75. The second-order valence-electron chi connectivity index (χ2n) is 2.38. The molecule has 0 aliphatic carbocycles. The Morgan fingerprint density at radius 1 is 1.23 bits per heavy atom. The van der Waals surface area contributed by atoms with Crippen molar-refractivity contribution in [2.75, 3.05) is 14.2 Å². The van der Waals surface area contributed by atoms with E-state index in [-0.39, 0.29) is 0 Å². The van der Waals surface area contributed by atoms with E-state index < -0.39 is 0 Å². The summed E-state index contributed by atoms with van der Waals surface area (Å²) in [7, 11) is 3.11. The van der Waals surface area contributed by atoms with Crippen molar-refractivity contribution >= 4 is 12.0 Å². The molecule has 13 heavy (non-hydrogen) atoms. The largest absolute Gasteiger partial charge is 0.493 e. The van der Waals surface area contributed by atoms with Gasteiger partial charge < -0.3 is 9.47 Å². The highest BCUT2D eigenvalue weighted by atomic mass is 16.5. The van der Waals surface area contributed by atoms with Crippen molar-refractivity contribution in [3.05, 3.63) is 23.8 Å². The normalized spacial score (nSPS) is 8.77. The van der Waals surface area contributed by atoms with E-state index in [1.807, 2.05) is 0 Å². The number of benzene rings is 1. The maximum Gasteiger partial charge on any atom is 0.161 e. The molecule has 0 spiro atoms. The molecule has 0 radical (unpaired) electrons. The van der Waals surface area contributed by atoms with Crippen molar-refractivity contribution in [2.24, 2.45) is 0 Å². The number of hydrogen-bond acceptors (Lipinski definition) is 3. The molecule has 0 saturated heterocycles. The minimum atomic E-state index is 0.603. The molecule has 0 atom stereocenters. The summed E-state index contributed by atoms with van der Waals surface area (Å²) in [5.74, 6) is 2.95. The fourth-order valence-electron chi connectivity index (χ4n) is 1.01. The maximum atomic E-state index is 10.1. The average molecular weight is 178 g/mol. The minimum absolute atomic E-state index is 0.603. The smallest absolute Gasteiger partial charge is 0.161 e. The lowest BCUT2D eigenvalue weighted by atomic mass is 10.2. The molecule has 3 heteroatoms. The summed E-state index contributed by atoms with van der Waals surface area (Å²) in [4.78, 5) is 10.1. The third-order valence-electron chi connectivity index (χ3n) is 1.63. The standard InChI is InChI=1S/C10H10O3/c1-12-9-4-3-8(5-6-11)7-10(9)13-2/h3-5,7H,1-2H3. The Balaban J connectivity index is 3.12. The summed E-state index contributed by atoms with van der Waals surface area (Å²) < 4.78 is 10.1. The second-order valence-corrected chi connectivity index (χ2v) is 2.38. The van der Waals surface area contributed by atoms with E-state index in [2.05, 4.69) is 0 Å². The van der Waals surface area contributed by atoms with Crippen LogP contribution in [0.2, 0.25) is 0 Å². The van der Waals surface area contributed by atoms with Crippen molar-refractivity contribution in [1.29, 1.82) is 0 Å². The number of rotatable bonds is 3. The molecule has 0 N–H and O–H groups in total. The summed E-state index contributed by atoms with van der Waals surface area (Å²) in [6.45, 7) is 0. The molecule has 0 aliphatic heterocycles. The Labute approximate surface area is 76.6 Å². The molecule has 0 aromatic heterocycles. The number of methoxy groups -OCH3 is 2. The lowest BCUT2D eigenvalue weighted by Gasteiger charge is -2.06. The fourth-order valence-corrected chi connectivity index (χ4v) is 1.01. The van der Waals surface area contributed by atoms with Gasteiger partial charge in [-0.15, -0.1) is 0 Å². The van der Waals surface area contributed by atoms with Gasteiger partial charge in [0, 0.05) is 6.08 Å². The van der Waals surface area contributed by atoms with Gasteiger partial charge in [-0.2, -0.15) is 0 Å². The molecule has 1 aromatic rings. The quantitative estimate of drug-likeness (QED) is 0.659. The first-order chi connectivity index (χ1) is 6.31. The van der Waals surface area contributed by atoms with E-state index in [9.17, 15) is 4.79 Å². The van der Waals surface area contributed by atoms with Gasteiger partial charge in [0.25, 0.3) is 0 Å². The minimum Gasteiger partial charge on any atom is -0.493 e. The molecule has 0 saturated carbocycles. The van der Waals surface area contributed by atoms with Crippen LogP contribution < -0.4 is 9.47 Å². The van der Waals surface area contributed by atoms with Crippen molar-refractivity contribution in [3.63, 3.8) is 0 Å². The topological polar surface area (TPSA) is 35.5 Å². The van der Waals surface area contributed by atoms with Crippen molar-refractivity contribution in [1.82, 2.24) is 0 Å². The zero-order valence-corrected chi connectivity index (χ0v) is 7.53. The Morgan fingerprint density at radius 2 is 1.92 bits per heavy atom. The Morgan fingerprint density at radius 3 is 2.46 bits per heavy atom. The van der Waals surface area contributed by atoms with Crippen LogP contribution in [0.25, 0.3) is 6.08 Å². The van der Waals surface area contributed by atoms with Crippen LogP contribution in [0.4, 0.5) is 0 Å². The maximum absolute atomic E-state index is 10.1. The van der Waals surface area contributed by atoms with E-state index in [4.69, 9.17) is 9.47 Å². The van der Waals surface area contributed by atoms with E-state index in [0.717, 1.165) is 5.56 Å². The summed E-state index contributed by atoms with van der Waals surface area (Å²) in [6, 6.07) is 5.21. The molecule has 0 fully saturated rings. The van der Waals surface area contributed by atoms with Crippen LogP contribution in [-0.4, -0.2) is 20.2 Å². The molecule has 68 valence electrons. The van der Waals surface area contributed by atoms with Gasteiger partial charge in [-0.25, -0.2) is 4.79 Å². The van der Waals surface area contributed by atoms with Gasteiger partial charge in [0.1, 0.15) is 5.94 Å². The summed E-state index contributed by atoms with van der Waals surface area (Å²) in [5.41, 5.74) is 0.743. The Bertz CT molecular complexity index is 338. The second kappa shape index (κ2) is 4.33. The number of hydrogen-bond donors (Lipinski definition) is 0. The van der Waals surface area contributed by atoms with Crippen LogP contribution in [0.3, 0.4) is 0 Å². The third-order valence-corrected chi connectivity index (χ3v) is 1.63. The van der Waals surface area contributed by atoms with E-state index in [0.29, 0.717) is 11.5 Å². The van der Waals surface area contributed by atoms with Crippen LogP contribution in [0.5, 0.6) is 11.5 Å². The molecule has 0 amide bonds. The lowest BCUT2D eigenvalue weighted by Crippen LogP contribution is -1.90. The zero-order chi connectivity index (χ0) is 9.68. The Kier molecular flexibility index (Phi) is 3.12. The summed E-state index contributed by atoms with van der Waals surface area (Å²) in [5, 5.41) is 0. The van der Waals surface area contributed by atoms with Gasteiger partial charge in [-0.3, -0.25) is 0 Å². The highest BCUT2D eigenvalue weighted by Gasteiger charge is 2.02. The van der Waals surface area contributed by atoms with Gasteiger partial charge in [-0.1, -0.05) is 6.07 Å². The predicted octanol–water partition coefficient (Wildman–Crippen LogP) is 1.55. The van der Waals surface area contributed by atoms with Crippen molar-refractivity contribution in [3.8, 4) is 11.5 Å². The van der Waals surface area contributed by atoms with Crippen molar-refractivity contribution < 1.29 is 14.3 Å². The van der Waals surface area contributed by atoms with Crippen LogP contribution >= 0.6 is 0 Å². The van der Waals surface area contributed by atoms with E-state index in [1.54, 1.807) is 38.4 Å². The zero-order valence-electron chi connectivity index (χ0n) is 7.53. The molecular weight excluding hydrogens is 168 g/mol. The molecule has 3 nitrogen and oxygen atoms in total. The fraction of sp³-hybridized carbons (Fsp3) is 0.200. The van der Waals surface area contributed by atoms with E-state index >= 15 is 0 Å². The first-order valence-corrected chi connectivity index (χ1v) is 3.74. The molecule has 0 bridgehead atoms. The SMILES string of the molecule is COc1ccc(C=C=O)cc1OC. The van der Waals surface area contributed by atoms with Crippen LogP contribution in [0, 0.1) is 0 Å². The average Bonchev–Trinajstić information content (AvgIpc) is 2.18. The molecular formula is C10H10O3. The molecule has 0 heterocycles. The number of ether oxygens (including phenoxy) is 2. The molecule has 1 aromatic carbocycles.